The molecule has 1 aliphatic heterocycles. The maximum atomic E-state index is 13.3. The highest BCUT2D eigenvalue weighted by molar-refractivity contribution is 5.66. The second-order valence-corrected chi connectivity index (χ2v) is 5.16. The molecule has 2 heterocycles. The molecule has 0 radical (unpaired) electrons. The Kier molecular flexibility index (Phi) is 3.34. The molecule has 3 rings (SSSR count). The Morgan fingerprint density at radius 1 is 1.18 bits per heavy atom. The largest absolute Gasteiger partial charge is 0.444 e. The number of anilines is 1. The van der Waals surface area contributed by atoms with E-state index >= 15 is 0 Å². The number of benzene rings is 1. The van der Waals surface area contributed by atoms with E-state index in [0.29, 0.717) is 0 Å². The minimum Gasteiger partial charge on any atom is -0.444 e. The van der Waals surface area contributed by atoms with Gasteiger partial charge in [-0.05, 0) is 18.2 Å². The Balaban J connectivity index is 2.04. The van der Waals surface area contributed by atoms with Crippen molar-refractivity contribution in [3.63, 3.8) is 0 Å². The first-order valence-corrected chi connectivity index (χ1v) is 6.49. The number of alkyl halides is 5. The number of hydrogen-bond acceptors (Lipinski definition) is 3. The maximum Gasteiger partial charge on any atom is 0.416 e. The summed E-state index contributed by atoms with van der Waals surface area (Å²) >= 11 is 0. The van der Waals surface area contributed by atoms with Crippen molar-refractivity contribution in [2.45, 2.75) is 18.5 Å². The van der Waals surface area contributed by atoms with Crippen LogP contribution in [0.25, 0.3) is 11.3 Å². The van der Waals surface area contributed by atoms with Gasteiger partial charge in [-0.3, -0.25) is 0 Å². The first-order chi connectivity index (χ1) is 10.2. The Bertz CT molecular complexity index is 666. The van der Waals surface area contributed by atoms with Crippen molar-refractivity contribution >= 4 is 5.69 Å². The molecule has 0 atom stereocenters. The molecule has 0 aliphatic carbocycles. The molecule has 1 fully saturated rings. The fraction of sp³-hybridized carbons (Fsp3) is 0.357. The molecular formula is C14H11F5N2O. The molecule has 0 N–H and O–H groups in total. The lowest BCUT2D eigenvalue weighted by molar-refractivity contribution is -0.137. The summed E-state index contributed by atoms with van der Waals surface area (Å²) in [6.07, 6.45) is -2.58. The van der Waals surface area contributed by atoms with E-state index in [-0.39, 0.29) is 30.0 Å². The molecule has 22 heavy (non-hydrogen) atoms. The van der Waals surface area contributed by atoms with Crippen LogP contribution in [0.4, 0.5) is 27.6 Å². The van der Waals surface area contributed by atoms with Gasteiger partial charge in [-0.15, -0.1) is 0 Å². The molecule has 2 aromatic rings. The quantitative estimate of drug-likeness (QED) is 0.777. The van der Waals surface area contributed by atoms with E-state index in [4.69, 9.17) is 4.42 Å². The van der Waals surface area contributed by atoms with E-state index in [2.05, 4.69) is 4.98 Å². The molecule has 0 amide bonds. The second kappa shape index (κ2) is 4.96. The first kappa shape index (κ1) is 14.8. The van der Waals surface area contributed by atoms with Crippen LogP contribution >= 0.6 is 0 Å². The van der Waals surface area contributed by atoms with Crippen molar-refractivity contribution in [1.29, 1.82) is 0 Å². The van der Waals surface area contributed by atoms with Gasteiger partial charge in [0, 0.05) is 24.2 Å². The molecule has 0 unspecified atom stereocenters. The molecule has 0 bridgehead atoms. The molecular weight excluding hydrogens is 307 g/mol. The lowest BCUT2D eigenvalue weighted by Crippen LogP contribution is -2.25. The summed E-state index contributed by atoms with van der Waals surface area (Å²) < 4.78 is 70.6. The number of halogens is 5. The third-order valence-corrected chi connectivity index (χ3v) is 3.50. The molecule has 0 saturated carbocycles. The van der Waals surface area contributed by atoms with Crippen LogP contribution in [0.5, 0.6) is 0 Å². The third kappa shape index (κ3) is 2.90. The smallest absolute Gasteiger partial charge is 0.416 e. The molecule has 1 saturated heterocycles. The molecule has 0 spiro atoms. The fourth-order valence-corrected chi connectivity index (χ4v) is 2.41. The predicted octanol–water partition coefficient (Wildman–Crippen LogP) is 4.21. The van der Waals surface area contributed by atoms with Gasteiger partial charge in [-0.25, -0.2) is 13.8 Å². The minimum atomic E-state index is -4.58. The van der Waals surface area contributed by atoms with Crippen LogP contribution in [0.1, 0.15) is 12.0 Å². The molecule has 8 heteroatoms. The van der Waals surface area contributed by atoms with Crippen LogP contribution < -0.4 is 4.90 Å². The summed E-state index contributed by atoms with van der Waals surface area (Å²) in [5.74, 6) is -2.74. The average molecular weight is 318 g/mol. The highest BCUT2D eigenvalue weighted by atomic mass is 19.4. The Morgan fingerprint density at radius 3 is 2.50 bits per heavy atom. The Labute approximate surface area is 122 Å². The van der Waals surface area contributed by atoms with Gasteiger partial charge in [0.2, 0.25) is 0 Å². The Hall–Kier alpha value is -2.12. The van der Waals surface area contributed by atoms with Crippen molar-refractivity contribution in [3.8, 4) is 11.3 Å². The number of hydrogen-bond donors (Lipinski definition) is 0. The van der Waals surface area contributed by atoms with E-state index in [0.717, 1.165) is 18.5 Å². The average Bonchev–Trinajstić information content (AvgIpc) is 3.06. The summed E-state index contributed by atoms with van der Waals surface area (Å²) in [5.41, 5.74) is -0.664. The maximum absolute atomic E-state index is 13.3. The van der Waals surface area contributed by atoms with Crippen LogP contribution in [0, 0.1) is 0 Å². The van der Waals surface area contributed by atoms with E-state index in [1.54, 1.807) is 0 Å². The standard InChI is InChI=1S/C14H11F5N2O/c15-13(16)1-2-21(7-13)11-4-9(12-6-20-8-22-12)3-10(5-11)14(17,18)19/h3-6,8H,1-2,7H2. The van der Waals surface area contributed by atoms with Gasteiger partial charge >= 0.3 is 6.18 Å². The van der Waals surface area contributed by atoms with Gasteiger partial charge in [0.15, 0.2) is 12.2 Å². The van der Waals surface area contributed by atoms with E-state index in [1.807, 2.05) is 0 Å². The minimum absolute atomic E-state index is 0.00412. The molecule has 1 aliphatic rings. The third-order valence-electron chi connectivity index (χ3n) is 3.50. The van der Waals surface area contributed by atoms with E-state index < -0.39 is 24.2 Å². The van der Waals surface area contributed by atoms with Crippen LogP contribution in [0.2, 0.25) is 0 Å². The predicted molar refractivity (Wildman–Crippen MR) is 68.7 cm³/mol. The van der Waals surface area contributed by atoms with Crippen molar-refractivity contribution in [1.82, 2.24) is 4.98 Å². The highest BCUT2D eigenvalue weighted by Gasteiger charge is 2.39. The zero-order valence-corrected chi connectivity index (χ0v) is 11.2. The lowest BCUT2D eigenvalue weighted by Gasteiger charge is -2.20. The number of oxazole rings is 1. The first-order valence-electron chi connectivity index (χ1n) is 6.49. The molecule has 3 nitrogen and oxygen atoms in total. The number of rotatable bonds is 2. The van der Waals surface area contributed by atoms with Crippen LogP contribution in [-0.4, -0.2) is 24.0 Å². The summed E-state index contributed by atoms with van der Waals surface area (Å²) in [5, 5.41) is 0. The van der Waals surface area contributed by atoms with Crippen LogP contribution in [0.3, 0.4) is 0 Å². The normalized spacial score (nSPS) is 18.0. The van der Waals surface area contributed by atoms with E-state index in [9.17, 15) is 22.0 Å². The van der Waals surface area contributed by atoms with Crippen molar-refractivity contribution in [3.05, 3.63) is 36.4 Å². The van der Waals surface area contributed by atoms with Crippen molar-refractivity contribution in [2.75, 3.05) is 18.0 Å². The lowest BCUT2D eigenvalue weighted by atomic mass is 10.1. The summed E-state index contributed by atoms with van der Waals surface area (Å²) in [6, 6.07) is 3.19. The van der Waals surface area contributed by atoms with E-state index in [1.165, 1.54) is 17.2 Å². The van der Waals surface area contributed by atoms with Gasteiger partial charge < -0.3 is 9.32 Å². The Morgan fingerprint density at radius 2 is 1.95 bits per heavy atom. The summed E-state index contributed by atoms with van der Waals surface area (Å²) in [4.78, 5) is 4.90. The van der Waals surface area contributed by atoms with Gasteiger partial charge in [-0.2, -0.15) is 13.2 Å². The zero-order chi connectivity index (χ0) is 16.0. The van der Waals surface area contributed by atoms with Gasteiger partial charge in [0.05, 0.1) is 18.3 Å². The molecule has 118 valence electrons. The number of aromatic nitrogens is 1. The highest BCUT2D eigenvalue weighted by Crippen LogP contribution is 2.38. The van der Waals surface area contributed by atoms with Gasteiger partial charge in [0.25, 0.3) is 5.92 Å². The molecule has 1 aromatic heterocycles. The second-order valence-electron chi connectivity index (χ2n) is 5.16. The topological polar surface area (TPSA) is 29.3 Å². The summed E-state index contributed by atoms with van der Waals surface area (Å²) in [7, 11) is 0. The van der Waals surface area contributed by atoms with Crippen LogP contribution in [0.15, 0.2) is 35.2 Å². The zero-order valence-electron chi connectivity index (χ0n) is 11.2. The monoisotopic (exact) mass is 318 g/mol. The van der Waals surface area contributed by atoms with Crippen molar-refractivity contribution < 1.29 is 26.4 Å². The summed E-state index contributed by atoms with van der Waals surface area (Å²) in [6.45, 7) is -0.589. The fourth-order valence-electron chi connectivity index (χ4n) is 2.41. The molecule has 1 aromatic carbocycles. The number of nitrogens with zero attached hydrogens (tertiary/aromatic N) is 2. The van der Waals surface area contributed by atoms with Gasteiger partial charge in [0.1, 0.15) is 0 Å². The SMILES string of the molecule is FC1(F)CCN(c2cc(-c3cnco3)cc(C(F)(F)F)c2)C1. The van der Waals surface area contributed by atoms with Gasteiger partial charge in [-0.1, -0.05) is 0 Å². The van der Waals surface area contributed by atoms with Crippen LogP contribution in [-0.2, 0) is 6.18 Å². The van der Waals surface area contributed by atoms with Crippen molar-refractivity contribution in [2.24, 2.45) is 0 Å².